The molecule has 134 valence electrons. The van der Waals surface area contributed by atoms with E-state index in [2.05, 4.69) is 37.4 Å². The molecule has 1 atom stereocenters. The lowest BCUT2D eigenvalue weighted by Gasteiger charge is -2.18. The lowest BCUT2D eigenvalue weighted by Crippen LogP contribution is -2.30. The van der Waals surface area contributed by atoms with Crippen molar-refractivity contribution in [2.45, 2.75) is 39.7 Å². The maximum Gasteiger partial charge on any atom is 0.265 e. The zero-order valence-corrected chi connectivity index (χ0v) is 15.6. The number of rotatable bonds is 6. The second-order valence-corrected chi connectivity index (χ2v) is 6.42. The van der Waals surface area contributed by atoms with E-state index >= 15 is 0 Å². The van der Waals surface area contributed by atoms with Gasteiger partial charge in [0.2, 0.25) is 0 Å². The van der Waals surface area contributed by atoms with Crippen LogP contribution in [0.15, 0.2) is 60.7 Å². The molecule has 0 bridgehead atoms. The van der Waals surface area contributed by atoms with Crippen molar-refractivity contribution in [3.05, 3.63) is 71.8 Å². The minimum absolute atomic E-state index is 0.131. The van der Waals surface area contributed by atoms with E-state index in [1.807, 2.05) is 42.5 Å². The van der Waals surface area contributed by atoms with Crippen LogP contribution in [0.3, 0.4) is 0 Å². The number of aryl methyl sites for hydroxylation is 2. The van der Waals surface area contributed by atoms with Gasteiger partial charge in [-0.2, -0.15) is 0 Å². The molecule has 1 amide bonds. The van der Waals surface area contributed by atoms with Crippen molar-refractivity contribution in [2.75, 3.05) is 5.32 Å². The van der Waals surface area contributed by atoms with Gasteiger partial charge in [-0.3, -0.25) is 4.79 Å². The highest BCUT2D eigenvalue weighted by Crippen LogP contribution is 2.24. The lowest BCUT2D eigenvalue weighted by atomic mass is 10.0. The number of fused-ring (bicyclic) bond motifs is 1. The average Bonchev–Trinajstić information content (AvgIpc) is 2.67. The van der Waals surface area contributed by atoms with Gasteiger partial charge in [0.05, 0.1) is 0 Å². The van der Waals surface area contributed by atoms with Crippen LogP contribution in [0.25, 0.3) is 10.8 Å². The smallest absolute Gasteiger partial charge is 0.265 e. The fourth-order valence-electron chi connectivity index (χ4n) is 3.13. The van der Waals surface area contributed by atoms with Crippen LogP contribution in [0, 0.1) is 0 Å². The molecule has 26 heavy (non-hydrogen) atoms. The van der Waals surface area contributed by atoms with Gasteiger partial charge < -0.3 is 10.1 Å². The molecule has 0 unspecified atom stereocenters. The predicted octanol–water partition coefficient (Wildman–Crippen LogP) is 5.37. The van der Waals surface area contributed by atoms with Crippen LogP contribution in [0.5, 0.6) is 5.75 Å². The first-order chi connectivity index (χ1) is 12.6. The zero-order chi connectivity index (χ0) is 18.5. The van der Waals surface area contributed by atoms with E-state index in [1.54, 1.807) is 6.92 Å². The molecule has 1 N–H and O–H groups in total. The molecule has 0 aliphatic carbocycles. The van der Waals surface area contributed by atoms with Gasteiger partial charge in [-0.05, 0) is 53.8 Å². The van der Waals surface area contributed by atoms with Crippen LogP contribution in [0.4, 0.5) is 5.69 Å². The number of anilines is 1. The Bertz CT molecular complexity index is 895. The molecule has 0 aliphatic rings. The third kappa shape index (κ3) is 3.88. The molecule has 0 saturated carbocycles. The van der Waals surface area contributed by atoms with E-state index in [1.165, 1.54) is 0 Å². The van der Waals surface area contributed by atoms with Gasteiger partial charge in [0.25, 0.3) is 5.91 Å². The summed E-state index contributed by atoms with van der Waals surface area (Å²) in [6.45, 7) is 5.98. The molecule has 0 spiro atoms. The maximum absolute atomic E-state index is 12.7. The number of carbonyl (C=O) groups is 1. The van der Waals surface area contributed by atoms with Gasteiger partial charge in [0.1, 0.15) is 5.75 Å². The van der Waals surface area contributed by atoms with Crippen LogP contribution >= 0.6 is 0 Å². The molecular formula is C23H25NO2. The number of amides is 1. The molecule has 0 radical (unpaired) electrons. The van der Waals surface area contributed by atoms with Crippen LogP contribution < -0.4 is 10.1 Å². The number of para-hydroxylation sites is 1. The molecule has 3 rings (SSSR count). The largest absolute Gasteiger partial charge is 0.481 e. The summed E-state index contributed by atoms with van der Waals surface area (Å²) in [4.78, 5) is 12.7. The average molecular weight is 347 g/mol. The van der Waals surface area contributed by atoms with E-state index in [-0.39, 0.29) is 5.91 Å². The van der Waals surface area contributed by atoms with Crippen LogP contribution in [-0.4, -0.2) is 12.0 Å². The monoisotopic (exact) mass is 347 g/mol. The Kier molecular flexibility index (Phi) is 5.57. The van der Waals surface area contributed by atoms with E-state index in [0.29, 0.717) is 5.75 Å². The maximum atomic E-state index is 12.7. The van der Waals surface area contributed by atoms with E-state index < -0.39 is 6.10 Å². The highest BCUT2D eigenvalue weighted by Gasteiger charge is 2.17. The molecule has 0 aliphatic heterocycles. The number of nitrogens with one attached hydrogen (secondary N) is 1. The van der Waals surface area contributed by atoms with Gasteiger partial charge in [-0.1, -0.05) is 62.4 Å². The summed E-state index contributed by atoms with van der Waals surface area (Å²) in [5.74, 6) is 0.569. The van der Waals surface area contributed by atoms with E-state index in [9.17, 15) is 4.79 Å². The third-order valence-electron chi connectivity index (χ3n) is 4.65. The Morgan fingerprint density at radius 3 is 2.23 bits per heavy atom. The van der Waals surface area contributed by atoms with Crippen molar-refractivity contribution in [1.82, 2.24) is 0 Å². The SMILES string of the molecule is CCc1cccc(CC)c1NC(=O)[C@@H](C)Oc1ccc2ccccc2c1. The zero-order valence-electron chi connectivity index (χ0n) is 15.6. The highest BCUT2D eigenvalue weighted by molar-refractivity contribution is 5.95. The summed E-state index contributed by atoms with van der Waals surface area (Å²) in [6.07, 6.45) is 1.18. The quantitative estimate of drug-likeness (QED) is 0.651. The summed E-state index contributed by atoms with van der Waals surface area (Å²) >= 11 is 0. The van der Waals surface area contributed by atoms with Crippen LogP contribution in [-0.2, 0) is 17.6 Å². The Morgan fingerprint density at radius 1 is 0.923 bits per heavy atom. The van der Waals surface area contributed by atoms with E-state index in [4.69, 9.17) is 4.74 Å². The molecule has 0 heterocycles. The van der Waals surface area contributed by atoms with Crippen molar-refractivity contribution in [1.29, 1.82) is 0 Å². The summed E-state index contributed by atoms with van der Waals surface area (Å²) in [5, 5.41) is 5.33. The van der Waals surface area contributed by atoms with Gasteiger partial charge in [0, 0.05) is 5.69 Å². The minimum Gasteiger partial charge on any atom is -0.481 e. The Balaban J connectivity index is 1.75. The topological polar surface area (TPSA) is 38.3 Å². The van der Waals surface area contributed by atoms with Crippen molar-refractivity contribution >= 4 is 22.4 Å². The first-order valence-corrected chi connectivity index (χ1v) is 9.19. The summed E-state index contributed by atoms with van der Waals surface area (Å²) in [5.41, 5.74) is 3.22. The minimum atomic E-state index is -0.578. The first-order valence-electron chi connectivity index (χ1n) is 9.19. The fourth-order valence-corrected chi connectivity index (χ4v) is 3.13. The molecule has 0 saturated heterocycles. The fraction of sp³-hybridized carbons (Fsp3) is 0.261. The van der Waals surface area contributed by atoms with Gasteiger partial charge in [-0.15, -0.1) is 0 Å². The Morgan fingerprint density at radius 2 is 1.58 bits per heavy atom. The first kappa shape index (κ1) is 18.0. The molecule has 0 fully saturated rings. The van der Waals surface area contributed by atoms with Crippen molar-refractivity contribution < 1.29 is 9.53 Å². The summed E-state index contributed by atoms with van der Waals surface area (Å²) in [7, 11) is 0. The normalized spacial score (nSPS) is 12.0. The van der Waals surface area contributed by atoms with Crippen molar-refractivity contribution in [3.63, 3.8) is 0 Å². The van der Waals surface area contributed by atoms with Crippen LogP contribution in [0.1, 0.15) is 31.9 Å². The van der Waals surface area contributed by atoms with Crippen LogP contribution in [0.2, 0.25) is 0 Å². The third-order valence-corrected chi connectivity index (χ3v) is 4.65. The standard InChI is InChI=1S/C23H25NO2/c1-4-17-11-8-12-18(5-2)22(17)24-23(25)16(3)26-21-14-13-19-9-6-7-10-20(19)15-21/h6-16H,4-5H2,1-3H3,(H,24,25)/t16-/m1/s1. The predicted molar refractivity (Wildman–Crippen MR) is 108 cm³/mol. The Labute approximate surface area is 155 Å². The van der Waals surface area contributed by atoms with Crippen molar-refractivity contribution in [3.8, 4) is 5.75 Å². The van der Waals surface area contributed by atoms with E-state index in [0.717, 1.165) is 40.4 Å². The number of hydrogen-bond donors (Lipinski definition) is 1. The molecule has 3 heteroatoms. The van der Waals surface area contributed by atoms with Gasteiger partial charge >= 0.3 is 0 Å². The molecule has 3 aromatic rings. The lowest BCUT2D eigenvalue weighted by molar-refractivity contribution is -0.122. The molecule has 3 aromatic carbocycles. The number of benzene rings is 3. The Hall–Kier alpha value is -2.81. The molecule has 0 aromatic heterocycles. The van der Waals surface area contributed by atoms with Crippen molar-refractivity contribution in [2.24, 2.45) is 0 Å². The second kappa shape index (κ2) is 8.05. The molecular weight excluding hydrogens is 322 g/mol. The summed E-state index contributed by atoms with van der Waals surface area (Å²) < 4.78 is 5.89. The number of ether oxygens (including phenoxy) is 1. The molecule has 3 nitrogen and oxygen atoms in total. The highest BCUT2D eigenvalue weighted by atomic mass is 16.5. The summed E-state index contributed by atoms with van der Waals surface area (Å²) in [6, 6.07) is 20.2. The number of hydrogen-bond acceptors (Lipinski definition) is 2. The number of carbonyl (C=O) groups excluding carboxylic acids is 1. The van der Waals surface area contributed by atoms with Gasteiger partial charge in [-0.25, -0.2) is 0 Å². The van der Waals surface area contributed by atoms with Gasteiger partial charge in [0.15, 0.2) is 6.10 Å². The second-order valence-electron chi connectivity index (χ2n) is 6.42.